The number of hydrogen-bond acceptors (Lipinski definition) is 2. The molecule has 0 fully saturated rings. The van der Waals surface area contributed by atoms with Gasteiger partial charge >= 0.3 is 0 Å². The number of rotatable bonds is 2. The van der Waals surface area contributed by atoms with E-state index in [1.165, 1.54) is 27.0 Å². The van der Waals surface area contributed by atoms with Crippen molar-refractivity contribution in [2.45, 2.75) is 27.2 Å². The smallest absolute Gasteiger partial charge is 0.124 e. The van der Waals surface area contributed by atoms with E-state index in [1.807, 2.05) is 0 Å². The van der Waals surface area contributed by atoms with E-state index in [-0.39, 0.29) is 0 Å². The molecule has 3 rings (SSSR count). The molecular weight excluding hydrogens is 250 g/mol. The Balaban J connectivity index is 2.12. The molecule has 0 atom stereocenters. The van der Waals surface area contributed by atoms with Crippen molar-refractivity contribution in [2.75, 3.05) is 0 Å². The van der Waals surface area contributed by atoms with Crippen LogP contribution in [0.1, 0.15) is 23.6 Å². The van der Waals surface area contributed by atoms with E-state index in [0.717, 1.165) is 16.9 Å². The lowest BCUT2D eigenvalue weighted by Crippen LogP contribution is -1.81. The van der Waals surface area contributed by atoms with Crippen molar-refractivity contribution < 1.29 is 0 Å². The standard InChI is InChI=1S/C17H17NS/c1-4-13-5-7-14(8-6-13)17-18-16-12(3)9-11(2)10-15(16)19-17/h5-10H,4H2,1-3H3. The first kappa shape index (κ1) is 12.4. The molecule has 0 aliphatic heterocycles. The van der Waals surface area contributed by atoms with Gasteiger partial charge in [0, 0.05) is 5.56 Å². The third-order valence-corrected chi connectivity index (χ3v) is 4.49. The molecule has 1 nitrogen and oxygen atoms in total. The van der Waals surface area contributed by atoms with E-state index in [1.54, 1.807) is 11.3 Å². The Bertz CT molecular complexity index is 723. The summed E-state index contributed by atoms with van der Waals surface area (Å²) in [7, 11) is 0. The average Bonchev–Trinajstić information content (AvgIpc) is 2.83. The lowest BCUT2D eigenvalue weighted by atomic mass is 10.1. The van der Waals surface area contributed by atoms with Gasteiger partial charge in [-0.15, -0.1) is 11.3 Å². The first-order valence-electron chi connectivity index (χ1n) is 6.64. The minimum absolute atomic E-state index is 1.08. The van der Waals surface area contributed by atoms with Crippen molar-refractivity contribution in [1.29, 1.82) is 0 Å². The summed E-state index contributed by atoms with van der Waals surface area (Å²) < 4.78 is 1.28. The molecule has 3 aromatic rings. The second-order valence-electron chi connectivity index (χ2n) is 5.00. The van der Waals surface area contributed by atoms with E-state index >= 15 is 0 Å². The van der Waals surface area contributed by atoms with Crippen LogP contribution in [0.5, 0.6) is 0 Å². The van der Waals surface area contributed by atoms with Crippen LogP contribution in [0.4, 0.5) is 0 Å². The molecule has 1 heterocycles. The van der Waals surface area contributed by atoms with Gasteiger partial charge in [-0.25, -0.2) is 4.98 Å². The monoisotopic (exact) mass is 267 g/mol. The van der Waals surface area contributed by atoms with Gasteiger partial charge < -0.3 is 0 Å². The first-order chi connectivity index (χ1) is 9.17. The molecule has 0 radical (unpaired) electrons. The van der Waals surface area contributed by atoms with Crippen molar-refractivity contribution in [2.24, 2.45) is 0 Å². The lowest BCUT2D eigenvalue weighted by molar-refractivity contribution is 1.14. The van der Waals surface area contributed by atoms with Gasteiger partial charge in [0.2, 0.25) is 0 Å². The normalized spacial score (nSPS) is 11.1. The molecular formula is C17H17NS. The molecule has 96 valence electrons. The third-order valence-electron chi connectivity index (χ3n) is 3.44. The average molecular weight is 267 g/mol. The van der Waals surface area contributed by atoms with Gasteiger partial charge in [0.05, 0.1) is 10.2 Å². The molecule has 0 unspecified atom stereocenters. The second-order valence-corrected chi connectivity index (χ2v) is 6.03. The fraction of sp³-hybridized carbons (Fsp3) is 0.235. The Hall–Kier alpha value is -1.67. The Morgan fingerprint density at radius 3 is 2.47 bits per heavy atom. The molecule has 0 N–H and O–H groups in total. The molecule has 0 spiro atoms. The van der Waals surface area contributed by atoms with Gasteiger partial charge in [-0.05, 0) is 43.0 Å². The number of nitrogens with zero attached hydrogens (tertiary/aromatic N) is 1. The van der Waals surface area contributed by atoms with Gasteiger partial charge in [-0.2, -0.15) is 0 Å². The van der Waals surface area contributed by atoms with E-state index < -0.39 is 0 Å². The van der Waals surface area contributed by atoms with Gasteiger partial charge in [-0.1, -0.05) is 37.3 Å². The highest BCUT2D eigenvalue weighted by molar-refractivity contribution is 7.21. The number of hydrogen-bond donors (Lipinski definition) is 0. The highest BCUT2D eigenvalue weighted by Crippen LogP contribution is 2.32. The topological polar surface area (TPSA) is 12.9 Å². The van der Waals surface area contributed by atoms with Gasteiger partial charge in [0.25, 0.3) is 0 Å². The van der Waals surface area contributed by atoms with Gasteiger partial charge in [0.15, 0.2) is 0 Å². The molecule has 19 heavy (non-hydrogen) atoms. The summed E-state index contributed by atoms with van der Waals surface area (Å²) in [6.07, 6.45) is 1.08. The SMILES string of the molecule is CCc1ccc(-c2nc3c(C)cc(C)cc3s2)cc1. The molecule has 2 aromatic carbocycles. The summed E-state index contributed by atoms with van der Waals surface area (Å²) in [5.74, 6) is 0. The van der Waals surface area contributed by atoms with Crippen LogP contribution in [-0.2, 0) is 6.42 Å². The Morgan fingerprint density at radius 1 is 1.05 bits per heavy atom. The van der Waals surface area contributed by atoms with Crippen molar-refractivity contribution in [3.63, 3.8) is 0 Å². The van der Waals surface area contributed by atoms with Crippen LogP contribution >= 0.6 is 11.3 Å². The molecule has 1 aromatic heterocycles. The minimum Gasteiger partial charge on any atom is -0.236 e. The fourth-order valence-corrected chi connectivity index (χ4v) is 3.52. The van der Waals surface area contributed by atoms with Crippen LogP contribution in [-0.4, -0.2) is 4.98 Å². The van der Waals surface area contributed by atoms with E-state index in [9.17, 15) is 0 Å². The maximum Gasteiger partial charge on any atom is 0.124 e. The number of benzene rings is 2. The Kier molecular flexibility index (Phi) is 3.11. The summed E-state index contributed by atoms with van der Waals surface area (Å²) in [5, 5.41) is 1.12. The zero-order valence-corrected chi connectivity index (χ0v) is 12.3. The highest BCUT2D eigenvalue weighted by atomic mass is 32.1. The van der Waals surface area contributed by atoms with Crippen LogP contribution in [0.15, 0.2) is 36.4 Å². The quantitative estimate of drug-likeness (QED) is 0.626. The van der Waals surface area contributed by atoms with E-state index in [0.29, 0.717) is 0 Å². The molecule has 2 heteroatoms. The third kappa shape index (κ3) is 2.28. The predicted octanol–water partition coefficient (Wildman–Crippen LogP) is 5.14. The maximum absolute atomic E-state index is 4.80. The Labute approximate surface area is 117 Å². The largest absolute Gasteiger partial charge is 0.236 e. The second kappa shape index (κ2) is 4.78. The molecule has 0 saturated heterocycles. The van der Waals surface area contributed by atoms with E-state index in [4.69, 9.17) is 4.98 Å². The van der Waals surface area contributed by atoms with Crippen LogP contribution in [0.25, 0.3) is 20.8 Å². The summed E-state index contributed by atoms with van der Waals surface area (Å²) in [6.45, 7) is 6.46. The fourth-order valence-electron chi connectivity index (χ4n) is 2.38. The van der Waals surface area contributed by atoms with Gasteiger partial charge in [-0.3, -0.25) is 0 Å². The van der Waals surface area contributed by atoms with Crippen molar-refractivity contribution in [3.05, 3.63) is 53.1 Å². The first-order valence-corrected chi connectivity index (χ1v) is 7.46. The lowest BCUT2D eigenvalue weighted by Gasteiger charge is -1.98. The summed E-state index contributed by atoms with van der Waals surface area (Å²) >= 11 is 1.78. The molecule has 0 aliphatic rings. The minimum atomic E-state index is 1.08. The number of fused-ring (bicyclic) bond motifs is 1. The predicted molar refractivity (Wildman–Crippen MR) is 83.9 cm³/mol. The number of aromatic nitrogens is 1. The zero-order chi connectivity index (χ0) is 13.4. The highest BCUT2D eigenvalue weighted by Gasteiger charge is 2.08. The van der Waals surface area contributed by atoms with Crippen molar-refractivity contribution in [3.8, 4) is 10.6 Å². The van der Waals surface area contributed by atoms with Crippen LogP contribution in [0.2, 0.25) is 0 Å². The van der Waals surface area contributed by atoms with Crippen molar-refractivity contribution >= 4 is 21.6 Å². The van der Waals surface area contributed by atoms with Gasteiger partial charge in [0.1, 0.15) is 5.01 Å². The summed E-state index contributed by atoms with van der Waals surface area (Å²) in [4.78, 5) is 4.80. The number of aryl methyl sites for hydroxylation is 3. The van der Waals surface area contributed by atoms with Crippen molar-refractivity contribution in [1.82, 2.24) is 4.98 Å². The zero-order valence-electron chi connectivity index (χ0n) is 11.5. The van der Waals surface area contributed by atoms with Crippen LogP contribution in [0, 0.1) is 13.8 Å². The molecule has 0 bridgehead atoms. The summed E-state index contributed by atoms with van der Waals surface area (Å²) in [6, 6.07) is 13.2. The summed E-state index contributed by atoms with van der Waals surface area (Å²) in [5.41, 5.74) is 6.31. The van der Waals surface area contributed by atoms with Crippen LogP contribution in [0.3, 0.4) is 0 Å². The molecule has 0 saturated carbocycles. The number of thiazole rings is 1. The van der Waals surface area contributed by atoms with E-state index in [2.05, 4.69) is 57.2 Å². The molecule has 0 aliphatic carbocycles. The Morgan fingerprint density at radius 2 is 1.79 bits per heavy atom. The molecule has 0 amide bonds. The maximum atomic E-state index is 4.80. The van der Waals surface area contributed by atoms with Crippen LogP contribution < -0.4 is 0 Å².